The van der Waals surface area contributed by atoms with Crippen molar-refractivity contribution in [1.82, 2.24) is 20.2 Å². The molecule has 1 aliphatic rings. The van der Waals surface area contributed by atoms with Gasteiger partial charge in [-0.1, -0.05) is 63.5 Å². The Kier molecular flexibility index (Phi) is 6.33. The lowest BCUT2D eigenvalue weighted by atomic mass is 9.95. The van der Waals surface area contributed by atoms with Crippen LogP contribution in [0.4, 0.5) is 11.6 Å². The maximum atomic E-state index is 13.5. The van der Waals surface area contributed by atoms with Gasteiger partial charge >= 0.3 is 0 Å². The number of nitrogens with zero attached hydrogens (tertiary/aromatic N) is 4. The number of aromatic nitrogens is 4. The second-order valence-electron chi connectivity index (χ2n) is 8.27. The zero-order valence-corrected chi connectivity index (χ0v) is 20.8. The van der Waals surface area contributed by atoms with Crippen LogP contribution in [0.5, 0.6) is 5.75 Å². The largest absolute Gasteiger partial charge is 0.489 e. The fourth-order valence-corrected chi connectivity index (χ4v) is 4.50. The molecule has 0 fully saturated rings. The number of para-hydroxylation sites is 1. The van der Waals surface area contributed by atoms with Crippen LogP contribution < -0.4 is 15.4 Å². The summed E-state index contributed by atoms with van der Waals surface area (Å²) < 4.78 is 8.59. The van der Waals surface area contributed by atoms with Crippen LogP contribution in [-0.2, 0) is 11.4 Å². The second-order valence-corrected chi connectivity index (χ2v) is 9.19. The van der Waals surface area contributed by atoms with Gasteiger partial charge in [0.25, 0.3) is 5.91 Å². The first-order valence-corrected chi connectivity index (χ1v) is 11.9. The van der Waals surface area contributed by atoms with Crippen LogP contribution >= 0.6 is 15.9 Å². The van der Waals surface area contributed by atoms with Crippen LogP contribution in [0.1, 0.15) is 29.7 Å². The van der Waals surface area contributed by atoms with Gasteiger partial charge in [-0.25, -0.2) is 0 Å². The molecule has 1 aliphatic heterocycles. The molecule has 4 aromatic rings. The van der Waals surface area contributed by atoms with E-state index >= 15 is 0 Å². The zero-order chi connectivity index (χ0) is 24.4. The number of halogens is 1. The van der Waals surface area contributed by atoms with Crippen LogP contribution in [0.3, 0.4) is 0 Å². The third-order valence-electron chi connectivity index (χ3n) is 5.84. The van der Waals surface area contributed by atoms with E-state index in [-0.39, 0.29) is 5.91 Å². The van der Waals surface area contributed by atoms with Crippen LogP contribution in [-0.4, -0.2) is 26.1 Å². The van der Waals surface area contributed by atoms with E-state index < -0.39 is 6.04 Å². The van der Waals surface area contributed by atoms with Gasteiger partial charge in [0.1, 0.15) is 18.4 Å². The molecule has 2 heterocycles. The van der Waals surface area contributed by atoms with Crippen molar-refractivity contribution in [3.8, 4) is 5.75 Å². The number of allylic oxidation sites excluding steroid dienone is 1. The number of benzene rings is 3. The molecule has 0 saturated carbocycles. The number of hydrogen-bond donors (Lipinski definition) is 2. The summed E-state index contributed by atoms with van der Waals surface area (Å²) in [6, 6.07) is 22.8. The number of tetrazole rings is 1. The van der Waals surface area contributed by atoms with Crippen molar-refractivity contribution in [3.63, 3.8) is 0 Å². The van der Waals surface area contributed by atoms with Gasteiger partial charge in [-0.15, -0.1) is 0 Å². The van der Waals surface area contributed by atoms with Gasteiger partial charge in [-0.05, 0) is 71.3 Å². The monoisotopic (exact) mass is 530 g/mol. The van der Waals surface area contributed by atoms with Gasteiger partial charge in [-0.2, -0.15) is 4.68 Å². The molecule has 5 rings (SSSR count). The highest BCUT2D eigenvalue weighted by Crippen LogP contribution is 2.35. The first kappa shape index (κ1) is 22.8. The minimum atomic E-state index is -0.496. The van der Waals surface area contributed by atoms with Crippen molar-refractivity contribution < 1.29 is 9.53 Å². The number of amides is 1. The van der Waals surface area contributed by atoms with Gasteiger partial charge < -0.3 is 15.4 Å². The molecule has 1 amide bonds. The molecule has 1 unspecified atom stereocenters. The standard InChI is InChI=1S/C26H23BrN6O2/c1-16-6-3-4-9-22(16)29-25(34)23-17(2)28-26-30-31-32-33(26)24(23)19-10-12-21(13-11-19)35-15-18-7-5-8-20(27)14-18/h3-14,24H,15H2,1-2H3,(H,29,34)(H,28,30,32). The van der Waals surface area contributed by atoms with Gasteiger partial charge in [0.2, 0.25) is 5.95 Å². The smallest absolute Gasteiger partial charge is 0.255 e. The lowest BCUT2D eigenvalue weighted by molar-refractivity contribution is -0.113. The van der Waals surface area contributed by atoms with E-state index in [0.717, 1.165) is 32.6 Å². The zero-order valence-electron chi connectivity index (χ0n) is 19.2. The summed E-state index contributed by atoms with van der Waals surface area (Å²) in [7, 11) is 0. The Hall–Kier alpha value is -3.98. The number of ether oxygens (including phenoxy) is 1. The Labute approximate surface area is 211 Å². The molecule has 0 spiro atoms. The van der Waals surface area contributed by atoms with Gasteiger partial charge in [0, 0.05) is 15.9 Å². The summed E-state index contributed by atoms with van der Waals surface area (Å²) in [5, 5.41) is 18.2. The van der Waals surface area contributed by atoms with Crippen LogP contribution in [0, 0.1) is 6.92 Å². The number of rotatable bonds is 6. The number of aryl methyl sites for hydroxylation is 1. The molecule has 9 heteroatoms. The average molecular weight is 531 g/mol. The third-order valence-corrected chi connectivity index (χ3v) is 6.34. The van der Waals surface area contributed by atoms with E-state index in [4.69, 9.17) is 4.74 Å². The lowest BCUT2D eigenvalue weighted by Crippen LogP contribution is -2.31. The molecule has 176 valence electrons. The van der Waals surface area contributed by atoms with Crippen LogP contribution in [0.15, 0.2) is 88.5 Å². The van der Waals surface area contributed by atoms with E-state index in [1.807, 2.05) is 86.6 Å². The quantitative estimate of drug-likeness (QED) is 0.353. The SMILES string of the molecule is CC1=C(C(=O)Nc2ccccc2C)C(c2ccc(OCc3cccc(Br)c3)cc2)n2nnnc2N1. The van der Waals surface area contributed by atoms with Gasteiger partial charge in [0.15, 0.2) is 0 Å². The van der Waals surface area contributed by atoms with Gasteiger partial charge in [-0.3, -0.25) is 4.79 Å². The summed E-state index contributed by atoms with van der Waals surface area (Å²) >= 11 is 3.48. The topological polar surface area (TPSA) is 94.0 Å². The molecule has 8 nitrogen and oxygen atoms in total. The number of carbonyl (C=O) groups excluding carboxylic acids is 1. The van der Waals surface area contributed by atoms with Crippen molar-refractivity contribution >= 4 is 33.5 Å². The minimum absolute atomic E-state index is 0.217. The number of fused-ring (bicyclic) bond motifs is 1. The first-order chi connectivity index (χ1) is 17.0. The van der Waals surface area contributed by atoms with Crippen molar-refractivity contribution in [2.75, 3.05) is 10.6 Å². The molecule has 0 aliphatic carbocycles. The molecule has 3 aromatic carbocycles. The van der Waals surface area contributed by atoms with Crippen molar-refractivity contribution in [2.24, 2.45) is 0 Å². The Morgan fingerprint density at radius 3 is 2.66 bits per heavy atom. The predicted molar refractivity (Wildman–Crippen MR) is 137 cm³/mol. The van der Waals surface area contributed by atoms with Crippen molar-refractivity contribution in [3.05, 3.63) is 105 Å². The lowest BCUT2D eigenvalue weighted by Gasteiger charge is -2.28. The van der Waals surface area contributed by atoms with Crippen LogP contribution in [0.2, 0.25) is 0 Å². The third kappa shape index (κ3) is 4.81. The summed E-state index contributed by atoms with van der Waals surface area (Å²) in [5.41, 5.74) is 4.90. The van der Waals surface area contributed by atoms with Crippen molar-refractivity contribution in [1.29, 1.82) is 0 Å². The molecular formula is C26H23BrN6O2. The summed E-state index contributed by atoms with van der Waals surface area (Å²) in [6.07, 6.45) is 0. The Morgan fingerprint density at radius 1 is 1.09 bits per heavy atom. The average Bonchev–Trinajstić information content (AvgIpc) is 3.32. The highest BCUT2D eigenvalue weighted by atomic mass is 79.9. The Morgan fingerprint density at radius 2 is 1.89 bits per heavy atom. The molecule has 2 N–H and O–H groups in total. The van der Waals surface area contributed by atoms with E-state index in [0.29, 0.717) is 23.8 Å². The van der Waals surface area contributed by atoms with E-state index in [9.17, 15) is 4.79 Å². The fraction of sp³-hybridized carbons (Fsp3) is 0.154. The maximum Gasteiger partial charge on any atom is 0.255 e. The highest BCUT2D eigenvalue weighted by molar-refractivity contribution is 9.10. The summed E-state index contributed by atoms with van der Waals surface area (Å²) in [5.74, 6) is 0.992. The van der Waals surface area contributed by atoms with Gasteiger partial charge in [0.05, 0.1) is 5.57 Å². The molecule has 0 saturated heterocycles. The number of nitrogens with one attached hydrogen (secondary N) is 2. The molecular weight excluding hydrogens is 508 g/mol. The van der Waals surface area contributed by atoms with E-state index in [1.165, 1.54) is 0 Å². The number of hydrogen-bond acceptors (Lipinski definition) is 6. The Balaban J connectivity index is 1.42. The van der Waals surface area contributed by atoms with E-state index in [1.54, 1.807) is 4.68 Å². The minimum Gasteiger partial charge on any atom is -0.489 e. The van der Waals surface area contributed by atoms with Crippen LogP contribution in [0.25, 0.3) is 0 Å². The molecule has 1 aromatic heterocycles. The fourth-order valence-electron chi connectivity index (χ4n) is 4.06. The number of anilines is 2. The second kappa shape index (κ2) is 9.71. The van der Waals surface area contributed by atoms with Crippen molar-refractivity contribution in [2.45, 2.75) is 26.5 Å². The Bertz CT molecular complexity index is 1410. The normalized spacial score (nSPS) is 14.8. The number of carbonyl (C=O) groups is 1. The summed E-state index contributed by atoms with van der Waals surface area (Å²) in [6.45, 7) is 4.26. The predicted octanol–water partition coefficient (Wildman–Crippen LogP) is 5.25. The maximum absolute atomic E-state index is 13.5. The first-order valence-electron chi connectivity index (χ1n) is 11.1. The molecule has 0 bridgehead atoms. The molecule has 1 atom stereocenters. The molecule has 0 radical (unpaired) electrons. The summed E-state index contributed by atoms with van der Waals surface area (Å²) in [4.78, 5) is 13.5. The van der Waals surface area contributed by atoms with E-state index in [2.05, 4.69) is 42.1 Å². The highest BCUT2D eigenvalue weighted by Gasteiger charge is 2.34. The molecule has 35 heavy (non-hydrogen) atoms.